The normalized spacial score (nSPS) is 11.6. The predicted molar refractivity (Wildman–Crippen MR) is 66.7 cm³/mol. The molecule has 0 radical (unpaired) electrons. The van der Waals surface area contributed by atoms with E-state index in [1.165, 1.54) is 24.3 Å². The highest BCUT2D eigenvalue weighted by molar-refractivity contribution is 6.30. The number of H-pyrrole nitrogens is 1. The number of nitrogens with zero attached hydrogens (tertiary/aromatic N) is 1. The van der Waals surface area contributed by atoms with E-state index in [0.29, 0.717) is 10.6 Å². The molecule has 0 fully saturated rings. The quantitative estimate of drug-likeness (QED) is 0.896. The van der Waals surface area contributed by atoms with Crippen LogP contribution >= 0.6 is 11.6 Å². The summed E-state index contributed by atoms with van der Waals surface area (Å²) in [4.78, 5) is 17.1. The maximum atomic E-state index is 12.2. The molecule has 0 bridgehead atoms. The lowest BCUT2D eigenvalue weighted by Gasteiger charge is -2.08. The summed E-state index contributed by atoms with van der Waals surface area (Å²) in [6.07, 6.45) is -5.94. The fourth-order valence-electron chi connectivity index (χ4n) is 1.66. The van der Waals surface area contributed by atoms with E-state index in [-0.39, 0.29) is 5.56 Å². The summed E-state index contributed by atoms with van der Waals surface area (Å²) in [6, 6.07) is 5.88. The number of hydrogen-bond donors (Lipinski definition) is 2. The number of aromatic nitrogens is 2. The van der Waals surface area contributed by atoms with Gasteiger partial charge in [0.1, 0.15) is 17.8 Å². The Labute approximate surface area is 115 Å². The zero-order valence-electron chi connectivity index (χ0n) is 9.83. The van der Waals surface area contributed by atoms with Crippen LogP contribution in [-0.4, -0.2) is 21.3 Å². The fourth-order valence-corrected chi connectivity index (χ4v) is 1.78. The van der Waals surface area contributed by atoms with Gasteiger partial charge in [0.05, 0.1) is 0 Å². The Morgan fingerprint density at radius 1 is 1.25 bits per heavy atom. The highest BCUT2D eigenvalue weighted by Crippen LogP contribution is 2.26. The van der Waals surface area contributed by atoms with Crippen LogP contribution < -0.4 is 5.56 Å². The zero-order valence-corrected chi connectivity index (χ0v) is 10.6. The molecule has 0 saturated carbocycles. The Kier molecular flexibility index (Phi) is 3.71. The minimum atomic E-state index is -4.52. The first-order chi connectivity index (χ1) is 9.26. The summed E-state index contributed by atoms with van der Waals surface area (Å²) < 4.78 is 36.6. The van der Waals surface area contributed by atoms with Gasteiger partial charge in [-0.15, -0.1) is 0 Å². The van der Waals surface area contributed by atoms with E-state index in [9.17, 15) is 23.1 Å². The maximum absolute atomic E-state index is 12.2. The molecule has 0 amide bonds. The number of rotatable bonds is 2. The molecule has 0 unspecified atom stereocenters. The average Bonchev–Trinajstić information content (AvgIpc) is 2.28. The van der Waals surface area contributed by atoms with Gasteiger partial charge in [0, 0.05) is 5.02 Å². The van der Waals surface area contributed by atoms with Gasteiger partial charge < -0.3 is 10.1 Å². The molecule has 0 aliphatic carbocycles. The third-order valence-corrected chi connectivity index (χ3v) is 2.70. The summed E-state index contributed by atoms with van der Waals surface area (Å²) in [5.74, 6) is -1.40. The van der Waals surface area contributed by atoms with Gasteiger partial charge in [0.15, 0.2) is 0 Å². The van der Waals surface area contributed by atoms with Crippen molar-refractivity contribution in [3.8, 4) is 17.0 Å². The number of hydrogen-bond acceptors (Lipinski definition) is 3. The molecule has 106 valence electrons. The molecule has 2 rings (SSSR count). The van der Waals surface area contributed by atoms with Crippen LogP contribution in [0, 0.1) is 0 Å². The molecule has 1 aromatic heterocycles. The van der Waals surface area contributed by atoms with E-state index in [1.54, 1.807) is 0 Å². The Morgan fingerprint density at radius 2 is 1.85 bits per heavy atom. The number of nitrogens with one attached hydrogen (secondary N) is 1. The molecule has 1 aromatic carbocycles. The lowest BCUT2D eigenvalue weighted by atomic mass is 10.1. The van der Waals surface area contributed by atoms with Crippen molar-refractivity contribution in [1.82, 2.24) is 9.97 Å². The number of benzene rings is 1. The summed E-state index contributed by atoms with van der Waals surface area (Å²) in [5.41, 5.74) is -0.745. The van der Waals surface area contributed by atoms with Gasteiger partial charge in [-0.05, 0) is 17.7 Å². The largest absolute Gasteiger partial charge is 0.493 e. The van der Waals surface area contributed by atoms with Crippen LogP contribution in [0.15, 0.2) is 29.1 Å². The first-order valence-corrected chi connectivity index (χ1v) is 5.79. The van der Waals surface area contributed by atoms with Crippen molar-refractivity contribution in [3.63, 3.8) is 0 Å². The SMILES string of the molecule is O=c1[nH]c(CC(F)(F)F)nc(O)c1-c1ccc(Cl)cc1. The van der Waals surface area contributed by atoms with Crippen LogP contribution in [0.4, 0.5) is 13.2 Å². The first-order valence-electron chi connectivity index (χ1n) is 5.41. The second-order valence-electron chi connectivity index (χ2n) is 4.01. The van der Waals surface area contributed by atoms with Gasteiger partial charge in [-0.25, -0.2) is 0 Å². The van der Waals surface area contributed by atoms with Gasteiger partial charge in [-0.2, -0.15) is 18.2 Å². The molecule has 0 aliphatic heterocycles. The Morgan fingerprint density at radius 3 is 2.35 bits per heavy atom. The zero-order chi connectivity index (χ0) is 14.9. The third-order valence-electron chi connectivity index (χ3n) is 2.45. The second-order valence-corrected chi connectivity index (χ2v) is 4.45. The molecule has 1 heterocycles. The Hall–Kier alpha value is -2.02. The van der Waals surface area contributed by atoms with Gasteiger partial charge in [0.2, 0.25) is 5.88 Å². The first kappa shape index (κ1) is 14.4. The number of alkyl halides is 3. The highest BCUT2D eigenvalue weighted by atomic mass is 35.5. The van der Waals surface area contributed by atoms with Crippen molar-refractivity contribution in [2.24, 2.45) is 0 Å². The molecule has 8 heteroatoms. The van der Waals surface area contributed by atoms with Crippen molar-refractivity contribution in [3.05, 3.63) is 45.5 Å². The van der Waals surface area contributed by atoms with Gasteiger partial charge >= 0.3 is 6.18 Å². The fraction of sp³-hybridized carbons (Fsp3) is 0.167. The highest BCUT2D eigenvalue weighted by Gasteiger charge is 2.30. The predicted octanol–water partition coefficient (Wildman–Crippen LogP) is 2.90. The van der Waals surface area contributed by atoms with Crippen molar-refractivity contribution in [2.45, 2.75) is 12.6 Å². The lowest BCUT2D eigenvalue weighted by Crippen LogP contribution is -2.20. The van der Waals surface area contributed by atoms with Crippen LogP contribution in [0.25, 0.3) is 11.1 Å². The molecule has 0 spiro atoms. The molecule has 2 aromatic rings. The van der Waals surface area contributed by atoms with E-state index < -0.39 is 29.9 Å². The van der Waals surface area contributed by atoms with Crippen molar-refractivity contribution >= 4 is 11.6 Å². The van der Waals surface area contributed by atoms with Gasteiger partial charge in [0.25, 0.3) is 5.56 Å². The van der Waals surface area contributed by atoms with E-state index >= 15 is 0 Å². The van der Waals surface area contributed by atoms with Crippen LogP contribution in [-0.2, 0) is 6.42 Å². The summed E-state index contributed by atoms with van der Waals surface area (Å²) in [7, 11) is 0. The van der Waals surface area contributed by atoms with Crippen molar-refractivity contribution in [1.29, 1.82) is 0 Å². The molecule has 4 nitrogen and oxygen atoms in total. The van der Waals surface area contributed by atoms with Gasteiger partial charge in [-0.3, -0.25) is 4.79 Å². The minimum absolute atomic E-state index is 0.201. The minimum Gasteiger partial charge on any atom is -0.493 e. The molecular weight excluding hydrogens is 297 g/mol. The molecule has 0 saturated heterocycles. The Balaban J connectivity index is 2.47. The average molecular weight is 305 g/mol. The van der Waals surface area contributed by atoms with Crippen LogP contribution in [0.2, 0.25) is 5.02 Å². The molecule has 2 N–H and O–H groups in total. The molecular formula is C12H8ClF3N2O2. The monoisotopic (exact) mass is 304 g/mol. The summed E-state index contributed by atoms with van der Waals surface area (Å²) in [6.45, 7) is 0. The summed E-state index contributed by atoms with van der Waals surface area (Å²) >= 11 is 5.69. The molecule has 0 aliphatic rings. The Bertz CT molecular complexity index is 681. The maximum Gasteiger partial charge on any atom is 0.396 e. The standard InChI is InChI=1S/C12H8ClF3N2O2/c13-7-3-1-6(2-4-7)9-10(19)17-8(18-11(9)20)5-12(14,15)16/h1-4H,5H2,(H2,17,18,19,20). The van der Waals surface area contributed by atoms with Crippen LogP contribution in [0.1, 0.15) is 5.82 Å². The topological polar surface area (TPSA) is 66.0 Å². The second kappa shape index (κ2) is 5.16. The van der Waals surface area contributed by atoms with Crippen LogP contribution in [0.5, 0.6) is 5.88 Å². The van der Waals surface area contributed by atoms with E-state index in [4.69, 9.17) is 11.6 Å². The third kappa shape index (κ3) is 3.30. The molecule has 20 heavy (non-hydrogen) atoms. The number of aromatic hydroxyl groups is 1. The summed E-state index contributed by atoms with van der Waals surface area (Å²) in [5, 5.41) is 10.1. The van der Waals surface area contributed by atoms with Gasteiger partial charge in [-0.1, -0.05) is 23.7 Å². The number of halogens is 4. The smallest absolute Gasteiger partial charge is 0.396 e. The van der Waals surface area contributed by atoms with E-state index in [2.05, 4.69) is 4.98 Å². The van der Waals surface area contributed by atoms with E-state index in [1.807, 2.05) is 4.98 Å². The number of aromatic amines is 1. The van der Waals surface area contributed by atoms with Crippen LogP contribution in [0.3, 0.4) is 0 Å². The van der Waals surface area contributed by atoms with Crippen molar-refractivity contribution in [2.75, 3.05) is 0 Å². The molecule has 0 atom stereocenters. The van der Waals surface area contributed by atoms with Crippen molar-refractivity contribution < 1.29 is 18.3 Å². The lowest BCUT2D eigenvalue weighted by molar-refractivity contribution is -0.128. The van der Waals surface area contributed by atoms with E-state index in [0.717, 1.165) is 0 Å².